The second-order valence-electron chi connectivity index (χ2n) is 4.12. The van der Waals surface area contributed by atoms with E-state index >= 15 is 0 Å². The van der Waals surface area contributed by atoms with Crippen molar-refractivity contribution in [3.05, 3.63) is 38.4 Å². The molecular formula is C13H9Br2N3O3. The minimum Gasteiger partial charge on any atom is -0.395 e. The summed E-state index contributed by atoms with van der Waals surface area (Å²) in [6.07, 6.45) is 1.15. The second kappa shape index (κ2) is 6.39. The molecular weight excluding hydrogens is 406 g/mol. The van der Waals surface area contributed by atoms with E-state index in [0.717, 1.165) is 11.0 Å². The number of nitrogens with one attached hydrogen (secondary N) is 1. The summed E-state index contributed by atoms with van der Waals surface area (Å²) in [4.78, 5) is 24.6. The lowest BCUT2D eigenvalue weighted by molar-refractivity contribution is -0.137. The SMILES string of the molecule is N#Cc1cc(Br)cc(Br)c1NC1=CC(=O)N(CCO)C1=O. The van der Waals surface area contributed by atoms with Crippen LogP contribution < -0.4 is 5.32 Å². The van der Waals surface area contributed by atoms with Crippen LogP contribution in [0.5, 0.6) is 0 Å². The minimum absolute atomic E-state index is 0.0629. The van der Waals surface area contributed by atoms with Crippen LogP contribution in [0.15, 0.2) is 32.9 Å². The number of hydrogen-bond acceptors (Lipinski definition) is 5. The zero-order chi connectivity index (χ0) is 15.6. The van der Waals surface area contributed by atoms with Crippen molar-refractivity contribution in [1.29, 1.82) is 5.26 Å². The standard InChI is InChI=1S/C13H9Br2N3O3/c14-8-3-7(6-16)12(9(15)4-8)17-10-5-11(20)18(1-2-19)13(10)21/h3-5,17,19H,1-2H2. The highest BCUT2D eigenvalue weighted by Gasteiger charge is 2.31. The molecule has 0 atom stereocenters. The highest BCUT2D eigenvalue weighted by atomic mass is 79.9. The topological polar surface area (TPSA) is 93.4 Å². The molecule has 0 aromatic heterocycles. The van der Waals surface area contributed by atoms with Gasteiger partial charge in [-0.15, -0.1) is 0 Å². The number of aliphatic hydroxyl groups is 1. The van der Waals surface area contributed by atoms with Gasteiger partial charge in [-0.3, -0.25) is 14.5 Å². The first-order chi connectivity index (χ1) is 9.97. The van der Waals surface area contributed by atoms with Crippen molar-refractivity contribution in [2.45, 2.75) is 0 Å². The number of rotatable bonds is 4. The summed E-state index contributed by atoms with van der Waals surface area (Å²) in [6.45, 7) is -0.365. The maximum Gasteiger partial charge on any atom is 0.277 e. The fraction of sp³-hybridized carbons (Fsp3) is 0.154. The van der Waals surface area contributed by atoms with Crippen LogP contribution in [-0.4, -0.2) is 35.0 Å². The van der Waals surface area contributed by atoms with E-state index in [2.05, 4.69) is 37.2 Å². The number of benzene rings is 1. The van der Waals surface area contributed by atoms with Crippen LogP contribution in [0.25, 0.3) is 0 Å². The van der Waals surface area contributed by atoms with Crippen LogP contribution in [0, 0.1) is 11.3 Å². The Morgan fingerprint density at radius 1 is 1.33 bits per heavy atom. The third-order valence-corrected chi connectivity index (χ3v) is 3.85. The number of aliphatic hydroxyl groups excluding tert-OH is 1. The Hall–Kier alpha value is -1.69. The van der Waals surface area contributed by atoms with E-state index in [1.54, 1.807) is 12.1 Å². The second-order valence-corrected chi connectivity index (χ2v) is 5.89. The fourth-order valence-corrected chi connectivity index (χ4v) is 3.16. The monoisotopic (exact) mass is 413 g/mol. The molecule has 2 N–H and O–H groups in total. The van der Waals surface area contributed by atoms with Gasteiger partial charge in [-0.2, -0.15) is 5.26 Å². The van der Waals surface area contributed by atoms with Crippen molar-refractivity contribution < 1.29 is 14.7 Å². The number of amides is 2. The van der Waals surface area contributed by atoms with Crippen LogP contribution in [0.3, 0.4) is 0 Å². The summed E-state index contributed by atoms with van der Waals surface area (Å²) in [5.74, 6) is -1.03. The van der Waals surface area contributed by atoms with Gasteiger partial charge in [0.1, 0.15) is 11.8 Å². The smallest absolute Gasteiger partial charge is 0.277 e. The molecule has 2 amide bonds. The Labute approximate surface area is 137 Å². The molecule has 0 unspecified atom stereocenters. The van der Waals surface area contributed by atoms with Gasteiger partial charge in [-0.05, 0) is 28.1 Å². The zero-order valence-corrected chi connectivity index (χ0v) is 13.7. The van der Waals surface area contributed by atoms with E-state index in [-0.39, 0.29) is 18.8 Å². The van der Waals surface area contributed by atoms with Gasteiger partial charge in [-0.25, -0.2) is 0 Å². The summed E-state index contributed by atoms with van der Waals surface area (Å²) in [5.41, 5.74) is 0.782. The Balaban J connectivity index is 2.32. The van der Waals surface area contributed by atoms with Crippen molar-refractivity contribution >= 4 is 49.4 Å². The number of β-amino-alcohol motifs (C(OH)–C–C–N with tert-alkyl or cyclic N) is 1. The quantitative estimate of drug-likeness (QED) is 0.732. The van der Waals surface area contributed by atoms with Crippen LogP contribution in [0.2, 0.25) is 0 Å². The number of nitriles is 1. The third kappa shape index (κ3) is 3.15. The predicted octanol–water partition coefficient (Wildman–Crippen LogP) is 1.74. The maximum absolute atomic E-state index is 12.0. The van der Waals surface area contributed by atoms with E-state index in [0.29, 0.717) is 20.2 Å². The number of halogens is 2. The molecule has 0 bridgehead atoms. The molecule has 0 fully saturated rings. The molecule has 8 heteroatoms. The normalized spacial score (nSPS) is 14.2. The molecule has 1 aliphatic rings. The zero-order valence-electron chi connectivity index (χ0n) is 10.6. The van der Waals surface area contributed by atoms with Gasteiger partial charge in [0.05, 0.1) is 24.4 Å². The van der Waals surface area contributed by atoms with Crippen molar-refractivity contribution in [3.63, 3.8) is 0 Å². The van der Waals surface area contributed by atoms with Crippen molar-refractivity contribution in [2.75, 3.05) is 18.5 Å². The maximum atomic E-state index is 12.0. The van der Waals surface area contributed by atoms with Gasteiger partial charge in [-0.1, -0.05) is 15.9 Å². The number of carbonyl (C=O) groups excluding carboxylic acids is 2. The molecule has 1 aromatic rings. The van der Waals surface area contributed by atoms with E-state index in [4.69, 9.17) is 10.4 Å². The summed E-state index contributed by atoms with van der Waals surface area (Å²) in [7, 11) is 0. The number of anilines is 1. The highest BCUT2D eigenvalue weighted by molar-refractivity contribution is 9.11. The van der Waals surface area contributed by atoms with Crippen LogP contribution in [0.4, 0.5) is 5.69 Å². The first kappa shape index (κ1) is 15.7. The molecule has 0 saturated heterocycles. The molecule has 1 aromatic carbocycles. The first-order valence-corrected chi connectivity index (χ1v) is 7.41. The molecule has 21 heavy (non-hydrogen) atoms. The largest absolute Gasteiger partial charge is 0.395 e. The minimum atomic E-state index is -0.534. The average molecular weight is 415 g/mol. The van der Waals surface area contributed by atoms with Gasteiger partial charge in [0.15, 0.2) is 0 Å². The van der Waals surface area contributed by atoms with Crippen molar-refractivity contribution in [3.8, 4) is 6.07 Å². The van der Waals surface area contributed by atoms with E-state index in [1.165, 1.54) is 0 Å². The number of imide groups is 1. The van der Waals surface area contributed by atoms with Gasteiger partial charge in [0, 0.05) is 15.0 Å². The van der Waals surface area contributed by atoms with Gasteiger partial charge < -0.3 is 10.4 Å². The van der Waals surface area contributed by atoms with Gasteiger partial charge in [0.2, 0.25) is 0 Å². The molecule has 0 spiro atoms. The number of nitrogens with zero attached hydrogens (tertiary/aromatic N) is 2. The lowest BCUT2D eigenvalue weighted by Crippen LogP contribution is -2.34. The van der Waals surface area contributed by atoms with Crippen LogP contribution in [-0.2, 0) is 9.59 Å². The molecule has 0 aliphatic carbocycles. The van der Waals surface area contributed by atoms with Crippen molar-refractivity contribution in [1.82, 2.24) is 4.90 Å². The highest BCUT2D eigenvalue weighted by Crippen LogP contribution is 2.32. The predicted molar refractivity (Wildman–Crippen MR) is 82.1 cm³/mol. The third-order valence-electron chi connectivity index (χ3n) is 2.77. The average Bonchev–Trinajstić information content (AvgIpc) is 2.69. The molecule has 108 valence electrons. The Bertz CT molecular complexity index is 695. The molecule has 0 radical (unpaired) electrons. The fourth-order valence-electron chi connectivity index (χ4n) is 1.83. The van der Waals surface area contributed by atoms with Gasteiger partial charge >= 0.3 is 0 Å². The first-order valence-electron chi connectivity index (χ1n) is 5.82. The summed E-state index contributed by atoms with van der Waals surface area (Å²) >= 11 is 6.58. The molecule has 1 aliphatic heterocycles. The molecule has 1 heterocycles. The lowest BCUT2D eigenvalue weighted by atomic mass is 10.2. The van der Waals surface area contributed by atoms with E-state index in [9.17, 15) is 9.59 Å². The molecule has 2 rings (SSSR count). The van der Waals surface area contributed by atoms with Gasteiger partial charge in [0.25, 0.3) is 11.8 Å². The van der Waals surface area contributed by atoms with Crippen LogP contribution >= 0.6 is 31.9 Å². The summed E-state index contributed by atoms with van der Waals surface area (Å²) in [5, 5.41) is 20.8. The van der Waals surface area contributed by atoms with Crippen molar-refractivity contribution in [2.24, 2.45) is 0 Å². The Kier molecular flexibility index (Phi) is 4.77. The number of carbonyl (C=O) groups is 2. The number of hydrogen-bond donors (Lipinski definition) is 2. The van der Waals surface area contributed by atoms with Crippen LogP contribution in [0.1, 0.15) is 5.56 Å². The Morgan fingerprint density at radius 3 is 2.67 bits per heavy atom. The Morgan fingerprint density at radius 2 is 2.05 bits per heavy atom. The van der Waals surface area contributed by atoms with E-state index < -0.39 is 11.8 Å². The molecule has 0 saturated carbocycles. The summed E-state index contributed by atoms with van der Waals surface area (Å²) < 4.78 is 1.29. The van der Waals surface area contributed by atoms with E-state index in [1.807, 2.05) is 6.07 Å². The lowest BCUT2D eigenvalue weighted by Gasteiger charge is -2.14. The molecule has 6 nitrogen and oxygen atoms in total. The summed E-state index contributed by atoms with van der Waals surface area (Å²) in [6, 6.07) is 5.33.